The average molecular weight is 385 g/mol. The SMILES string of the molecule is Cc1cc(C)c(CP(CC(C)C(=O)N(C)C(C)O)c2ccccc2)c(C)c1. The number of aliphatic hydroxyl groups excluding tert-OH is 1. The molecule has 2 rings (SSSR count). The molecule has 146 valence electrons. The molecule has 0 saturated carbocycles. The topological polar surface area (TPSA) is 40.5 Å². The standard InChI is InChI=1S/C23H32NO2P/c1-16-12-17(2)22(18(3)13-16)15-27(21-10-8-7-9-11-21)14-19(4)23(26)24(6)20(5)25/h7-13,19-20,25H,14-15H2,1-6H3. The lowest BCUT2D eigenvalue weighted by Crippen LogP contribution is -2.39. The van der Waals surface area contributed by atoms with Crippen molar-refractivity contribution in [1.29, 1.82) is 0 Å². The van der Waals surface area contributed by atoms with Crippen molar-refractivity contribution in [3.8, 4) is 0 Å². The van der Waals surface area contributed by atoms with Gasteiger partial charge in [-0.2, -0.15) is 0 Å². The number of carbonyl (C=O) groups is 1. The molecule has 0 spiro atoms. The van der Waals surface area contributed by atoms with E-state index in [9.17, 15) is 9.90 Å². The molecular formula is C23H32NO2P. The molecule has 2 aromatic carbocycles. The summed E-state index contributed by atoms with van der Waals surface area (Å²) < 4.78 is 0. The predicted molar refractivity (Wildman–Crippen MR) is 116 cm³/mol. The zero-order chi connectivity index (χ0) is 20.1. The number of aryl methyl sites for hydroxylation is 3. The van der Waals surface area contributed by atoms with Crippen LogP contribution in [0.15, 0.2) is 42.5 Å². The Morgan fingerprint density at radius 3 is 2.15 bits per heavy atom. The van der Waals surface area contributed by atoms with Gasteiger partial charge >= 0.3 is 0 Å². The van der Waals surface area contributed by atoms with Gasteiger partial charge in [-0.05, 0) is 62.0 Å². The largest absolute Gasteiger partial charge is 0.374 e. The van der Waals surface area contributed by atoms with E-state index >= 15 is 0 Å². The minimum atomic E-state index is -0.760. The highest BCUT2D eigenvalue weighted by atomic mass is 31.1. The molecule has 3 atom stereocenters. The monoisotopic (exact) mass is 385 g/mol. The van der Waals surface area contributed by atoms with Gasteiger partial charge in [0.05, 0.1) is 0 Å². The number of rotatable bonds is 7. The van der Waals surface area contributed by atoms with Crippen LogP contribution in [0.25, 0.3) is 0 Å². The molecule has 0 aliphatic carbocycles. The molecule has 0 aromatic heterocycles. The van der Waals surface area contributed by atoms with Crippen LogP contribution >= 0.6 is 7.92 Å². The molecule has 3 nitrogen and oxygen atoms in total. The van der Waals surface area contributed by atoms with Crippen LogP contribution in [0.4, 0.5) is 0 Å². The Labute approximate surface area is 165 Å². The maximum absolute atomic E-state index is 12.7. The Kier molecular flexibility index (Phi) is 7.59. The van der Waals surface area contributed by atoms with Gasteiger partial charge < -0.3 is 10.0 Å². The van der Waals surface area contributed by atoms with Crippen LogP contribution in [0.2, 0.25) is 0 Å². The van der Waals surface area contributed by atoms with Crippen molar-refractivity contribution in [2.75, 3.05) is 13.2 Å². The molecule has 0 saturated heterocycles. The molecule has 3 unspecified atom stereocenters. The third-order valence-corrected chi connectivity index (χ3v) is 7.85. The molecule has 4 heteroatoms. The molecule has 0 aliphatic heterocycles. The quantitative estimate of drug-likeness (QED) is 0.569. The maximum Gasteiger partial charge on any atom is 0.227 e. The summed E-state index contributed by atoms with van der Waals surface area (Å²) in [5.41, 5.74) is 5.35. The van der Waals surface area contributed by atoms with Crippen LogP contribution in [0.1, 0.15) is 36.1 Å². The third-order valence-electron chi connectivity index (χ3n) is 5.13. The number of aliphatic hydroxyl groups is 1. The summed E-state index contributed by atoms with van der Waals surface area (Å²) in [5.74, 6) is -0.118. The first kappa shape index (κ1) is 21.6. The summed E-state index contributed by atoms with van der Waals surface area (Å²) >= 11 is 0. The average Bonchev–Trinajstić information content (AvgIpc) is 2.62. The highest BCUT2D eigenvalue weighted by molar-refractivity contribution is 7.64. The lowest BCUT2D eigenvalue weighted by molar-refractivity contribution is -0.140. The Morgan fingerprint density at radius 1 is 1.07 bits per heavy atom. The second-order valence-corrected chi connectivity index (χ2v) is 9.85. The van der Waals surface area contributed by atoms with Crippen LogP contribution in [0, 0.1) is 26.7 Å². The smallest absolute Gasteiger partial charge is 0.227 e. The van der Waals surface area contributed by atoms with Gasteiger partial charge in [-0.3, -0.25) is 4.79 Å². The maximum atomic E-state index is 12.7. The fraction of sp³-hybridized carbons (Fsp3) is 0.435. The van der Waals surface area contributed by atoms with E-state index in [2.05, 4.69) is 57.2 Å². The van der Waals surface area contributed by atoms with Gasteiger partial charge in [0.25, 0.3) is 0 Å². The fourth-order valence-electron chi connectivity index (χ4n) is 3.49. The van der Waals surface area contributed by atoms with Crippen molar-refractivity contribution in [3.05, 3.63) is 64.7 Å². The second-order valence-electron chi connectivity index (χ2n) is 7.58. The predicted octanol–water partition coefficient (Wildman–Crippen LogP) is 4.35. The van der Waals surface area contributed by atoms with Gasteiger partial charge in [-0.25, -0.2) is 0 Å². The second kappa shape index (κ2) is 9.48. The summed E-state index contributed by atoms with van der Waals surface area (Å²) in [4.78, 5) is 14.1. The van der Waals surface area contributed by atoms with Gasteiger partial charge in [0.2, 0.25) is 5.91 Å². The first-order valence-corrected chi connectivity index (χ1v) is 11.2. The zero-order valence-electron chi connectivity index (χ0n) is 17.4. The molecule has 0 aliphatic rings. The number of hydrogen-bond donors (Lipinski definition) is 1. The zero-order valence-corrected chi connectivity index (χ0v) is 18.3. The molecule has 0 fully saturated rings. The van der Waals surface area contributed by atoms with Crippen LogP contribution in [0.3, 0.4) is 0 Å². The lowest BCUT2D eigenvalue weighted by atomic mass is 10.0. The van der Waals surface area contributed by atoms with Crippen molar-refractivity contribution in [1.82, 2.24) is 4.90 Å². The molecule has 1 amide bonds. The van der Waals surface area contributed by atoms with Crippen molar-refractivity contribution in [2.24, 2.45) is 5.92 Å². The van der Waals surface area contributed by atoms with Crippen LogP contribution < -0.4 is 5.30 Å². The number of carbonyl (C=O) groups excluding carboxylic acids is 1. The first-order chi connectivity index (χ1) is 12.7. The Balaban J connectivity index is 2.30. The minimum absolute atomic E-state index is 0.00535. The number of hydrogen-bond acceptors (Lipinski definition) is 2. The van der Waals surface area contributed by atoms with Crippen molar-refractivity contribution in [2.45, 2.75) is 47.0 Å². The molecule has 0 bridgehead atoms. The third kappa shape index (κ3) is 5.64. The van der Waals surface area contributed by atoms with E-state index < -0.39 is 14.1 Å². The van der Waals surface area contributed by atoms with Gasteiger partial charge in [0.1, 0.15) is 6.23 Å². The molecular weight excluding hydrogens is 353 g/mol. The lowest BCUT2D eigenvalue weighted by Gasteiger charge is -2.28. The highest BCUT2D eigenvalue weighted by Crippen LogP contribution is 2.42. The van der Waals surface area contributed by atoms with E-state index in [1.54, 1.807) is 14.0 Å². The Hall–Kier alpha value is -1.70. The van der Waals surface area contributed by atoms with Crippen LogP contribution in [0.5, 0.6) is 0 Å². The van der Waals surface area contributed by atoms with E-state index in [0.717, 1.165) is 12.3 Å². The fourth-order valence-corrected chi connectivity index (χ4v) is 6.30. The van der Waals surface area contributed by atoms with Crippen molar-refractivity contribution >= 4 is 19.1 Å². The molecule has 27 heavy (non-hydrogen) atoms. The van der Waals surface area contributed by atoms with Gasteiger partial charge in [-0.1, -0.05) is 62.9 Å². The van der Waals surface area contributed by atoms with Gasteiger partial charge in [-0.15, -0.1) is 0 Å². The highest BCUT2D eigenvalue weighted by Gasteiger charge is 2.25. The van der Waals surface area contributed by atoms with Crippen molar-refractivity contribution < 1.29 is 9.90 Å². The number of nitrogens with zero attached hydrogens (tertiary/aromatic N) is 1. The van der Waals surface area contributed by atoms with E-state index in [1.165, 1.54) is 32.5 Å². The summed E-state index contributed by atoms with van der Waals surface area (Å²) in [5, 5.41) is 11.1. The molecule has 2 aromatic rings. The van der Waals surface area contributed by atoms with E-state index in [-0.39, 0.29) is 11.8 Å². The van der Waals surface area contributed by atoms with Gasteiger partial charge in [0, 0.05) is 13.0 Å². The van der Waals surface area contributed by atoms with Crippen LogP contribution in [-0.4, -0.2) is 35.4 Å². The summed E-state index contributed by atoms with van der Waals surface area (Å²) in [6, 6.07) is 15.0. The van der Waals surface area contributed by atoms with Gasteiger partial charge in [0.15, 0.2) is 0 Å². The normalized spacial score (nSPS) is 14.5. The van der Waals surface area contributed by atoms with Crippen LogP contribution in [-0.2, 0) is 11.0 Å². The number of amides is 1. The molecule has 0 heterocycles. The number of benzene rings is 2. The minimum Gasteiger partial charge on any atom is -0.374 e. The van der Waals surface area contributed by atoms with E-state index in [1.807, 2.05) is 13.0 Å². The molecule has 1 N–H and O–H groups in total. The van der Waals surface area contributed by atoms with E-state index in [4.69, 9.17) is 0 Å². The summed E-state index contributed by atoms with van der Waals surface area (Å²) in [6.07, 6.45) is 1.04. The Morgan fingerprint density at radius 2 is 1.63 bits per heavy atom. The summed E-state index contributed by atoms with van der Waals surface area (Å²) in [7, 11) is 1.15. The van der Waals surface area contributed by atoms with Crippen molar-refractivity contribution in [3.63, 3.8) is 0 Å². The molecule has 0 radical (unpaired) electrons. The van der Waals surface area contributed by atoms with E-state index in [0.29, 0.717) is 0 Å². The Bertz CT molecular complexity index is 750. The first-order valence-electron chi connectivity index (χ1n) is 9.52. The summed E-state index contributed by atoms with van der Waals surface area (Å²) in [6.45, 7) is 10.1.